The fraction of sp³-hybridized carbons (Fsp3) is 0.900. The SMILES string of the molecule is I.NC(=NCC1(O)CCOCC1)NC1CC1. The molecule has 0 atom stereocenters. The summed E-state index contributed by atoms with van der Waals surface area (Å²) in [5, 5.41) is 13.2. The number of aliphatic imine (C=N–C) groups is 1. The Balaban J connectivity index is 0.00000128. The van der Waals surface area contributed by atoms with E-state index in [2.05, 4.69) is 10.3 Å². The molecule has 5 nitrogen and oxygen atoms in total. The van der Waals surface area contributed by atoms with Crippen LogP contribution in [0.5, 0.6) is 0 Å². The Hall–Kier alpha value is -0.0800. The first-order valence-electron chi connectivity index (χ1n) is 5.55. The fourth-order valence-corrected chi connectivity index (χ4v) is 1.62. The van der Waals surface area contributed by atoms with Gasteiger partial charge in [-0.15, -0.1) is 24.0 Å². The average molecular weight is 341 g/mol. The van der Waals surface area contributed by atoms with Crippen LogP contribution in [0.1, 0.15) is 25.7 Å². The van der Waals surface area contributed by atoms with E-state index in [1.54, 1.807) is 0 Å². The Kier molecular flexibility index (Phi) is 5.26. The maximum Gasteiger partial charge on any atom is 0.188 e. The van der Waals surface area contributed by atoms with Gasteiger partial charge in [0.05, 0.1) is 12.1 Å². The van der Waals surface area contributed by atoms with Gasteiger partial charge in [0.1, 0.15) is 0 Å². The minimum atomic E-state index is -0.714. The number of aliphatic hydroxyl groups is 1. The fourth-order valence-electron chi connectivity index (χ4n) is 1.62. The van der Waals surface area contributed by atoms with Crippen molar-refractivity contribution in [1.82, 2.24) is 5.32 Å². The van der Waals surface area contributed by atoms with E-state index in [0.29, 0.717) is 44.6 Å². The highest BCUT2D eigenvalue weighted by Gasteiger charge is 2.29. The second-order valence-corrected chi connectivity index (χ2v) is 4.46. The molecule has 0 spiro atoms. The van der Waals surface area contributed by atoms with Crippen molar-refractivity contribution in [3.63, 3.8) is 0 Å². The van der Waals surface area contributed by atoms with E-state index < -0.39 is 5.60 Å². The molecule has 94 valence electrons. The van der Waals surface area contributed by atoms with Gasteiger partial charge in [0.15, 0.2) is 5.96 Å². The lowest BCUT2D eigenvalue weighted by atomic mass is 9.95. The number of halogens is 1. The Labute approximate surface area is 113 Å². The van der Waals surface area contributed by atoms with E-state index in [9.17, 15) is 5.11 Å². The molecule has 0 aromatic heterocycles. The van der Waals surface area contributed by atoms with Gasteiger partial charge < -0.3 is 20.9 Å². The predicted octanol–water partition coefficient (Wildman–Crippen LogP) is 0.213. The highest BCUT2D eigenvalue weighted by atomic mass is 127. The quantitative estimate of drug-likeness (QED) is 0.390. The normalized spacial score (nSPS) is 24.7. The Morgan fingerprint density at radius 1 is 1.44 bits per heavy atom. The third-order valence-corrected chi connectivity index (χ3v) is 2.90. The van der Waals surface area contributed by atoms with Gasteiger partial charge in [0.25, 0.3) is 0 Å². The van der Waals surface area contributed by atoms with Crippen LogP contribution in [0.4, 0.5) is 0 Å². The first-order valence-corrected chi connectivity index (χ1v) is 5.55. The van der Waals surface area contributed by atoms with Crippen LogP contribution in [0.3, 0.4) is 0 Å². The molecule has 1 aliphatic carbocycles. The van der Waals surface area contributed by atoms with Crippen LogP contribution >= 0.6 is 24.0 Å². The Bertz CT molecular complexity index is 250. The lowest BCUT2D eigenvalue weighted by Gasteiger charge is -2.30. The molecule has 0 radical (unpaired) electrons. The van der Waals surface area contributed by atoms with E-state index in [1.165, 1.54) is 12.8 Å². The van der Waals surface area contributed by atoms with Crippen molar-refractivity contribution in [2.75, 3.05) is 19.8 Å². The second-order valence-electron chi connectivity index (χ2n) is 4.46. The van der Waals surface area contributed by atoms with Gasteiger partial charge in [-0.2, -0.15) is 0 Å². The molecule has 2 fully saturated rings. The average Bonchev–Trinajstić information content (AvgIpc) is 3.00. The van der Waals surface area contributed by atoms with Gasteiger partial charge in [-0.3, -0.25) is 4.99 Å². The molecular weight excluding hydrogens is 321 g/mol. The molecule has 1 aliphatic heterocycles. The summed E-state index contributed by atoms with van der Waals surface area (Å²) >= 11 is 0. The monoisotopic (exact) mass is 341 g/mol. The molecule has 1 saturated heterocycles. The number of nitrogens with zero attached hydrogens (tertiary/aromatic N) is 1. The van der Waals surface area contributed by atoms with Crippen molar-refractivity contribution in [3.05, 3.63) is 0 Å². The van der Waals surface area contributed by atoms with E-state index >= 15 is 0 Å². The number of hydrogen-bond acceptors (Lipinski definition) is 3. The summed E-state index contributed by atoms with van der Waals surface area (Å²) in [4.78, 5) is 4.18. The minimum absolute atomic E-state index is 0. The van der Waals surface area contributed by atoms with Crippen molar-refractivity contribution in [1.29, 1.82) is 0 Å². The molecular formula is C10H20IN3O2. The number of ether oxygens (including phenoxy) is 1. The zero-order valence-electron chi connectivity index (χ0n) is 9.32. The number of nitrogens with two attached hydrogens (primary N) is 1. The van der Waals surface area contributed by atoms with Crippen LogP contribution in [-0.4, -0.2) is 42.5 Å². The first kappa shape index (κ1) is 14.0. The highest BCUT2D eigenvalue weighted by Crippen LogP contribution is 2.21. The third kappa shape index (κ3) is 4.42. The molecule has 16 heavy (non-hydrogen) atoms. The maximum atomic E-state index is 10.1. The highest BCUT2D eigenvalue weighted by molar-refractivity contribution is 14.0. The van der Waals surface area contributed by atoms with Crippen LogP contribution < -0.4 is 11.1 Å². The van der Waals surface area contributed by atoms with E-state index in [1.807, 2.05) is 0 Å². The van der Waals surface area contributed by atoms with Gasteiger partial charge in [-0.05, 0) is 12.8 Å². The Morgan fingerprint density at radius 3 is 2.62 bits per heavy atom. The van der Waals surface area contributed by atoms with Crippen molar-refractivity contribution in [3.8, 4) is 0 Å². The summed E-state index contributed by atoms with van der Waals surface area (Å²) < 4.78 is 5.19. The second kappa shape index (κ2) is 6.02. The topological polar surface area (TPSA) is 79.9 Å². The van der Waals surface area contributed by atoms with Crippen molar-refractivity contribution >= 4 is 29.9 Å². The standard InChI is InChI=1S/C10H19N3O2.HI/c11-9(13-8-1-2-8)12-7-10(14)3-5-15-6-4-10;/h8,14H,1-7H2,(H3,11,12,13);1H. The Morgan fingerprint density at radius 2 is 2.06 bits per heavy atom. The van der Waals surface area contributed by atoms with Gasteiger partial charge in [0.2, 0.25) is 0 Å². The zero-order valence-corrected chi connectivity index (χ0v) is 11.6. The van der Waals surface area contributed by atoms with Crippen LogP contribution in [0, 0.1) is 0 Å². The molecule has 4 N–H and O–H groups in total. The van der Waals surface area contributed by atoms with Crippen molar-refractivity contribution < 1.29 is 9.84 Å². The molecule has 1 saturated carbocycles. The molecule has 2 aliphatic rings. The molecule has 0 aromatic rings. The van der Waals surface area contributed by atoms with Crippen LogP contribution in [0.25, 0.3) is 0 Å². The van der Waals surface area contributed by atoms with Crippen LogP contribution in [0.15, 0.2) is 4.99 Å². The summed E-state index contributed by atoms with van der Waals surface area (Å²) in [6.07, 6.45) is 3.64. The summed E-state index contributed by atoms with van der Waals surface area (Å²) in [5.41, 5.74) is 4.97. The number of rotatable bonds is 3. The molecule has 0 aromatic carbocycles. The van der Waals surface area contributed by atoms with Crippen molar-refractivity contribution in [2.24, 2.45) is 10.7 Å². The lowest BCUT2D eigenvalue weighted by Crippen LogP contribution is -2.41. The van der Waals surface area contributed by atoms with E-state index in [0.717, 1.165) is 0 Å². The molecule has 6 heteroatoms. The van der Waals surface area contributed by atoms with Gasteiger partial charge in [-0.25, -0.2) is 0 Å². The van der Waals surface area contributed by atoms with Crippen molar-refractivity contribution in [2.45, 2.75) is 37.3 Å². The summed E-state index contributed by atoms with van der Waals surface area (Å²) in [5.74, 6) is 0.456. The predicted molar refractivity (Wildman–Crippen MR) is 73.1 cm³/mol. The third-order valence-electron chi connectivity index (χ3n) is 2.90. The molecule has 0 unspecified atom stereocenters. The summed E-state index contributed by atoms with van der Waals surface area (Å²) in [6, 6.07) is 0.512. The smallest absolute Gasteiger partial charge is 0.188 e. The lowest BCUT2D eigenvalue weighted by molar-refractivity contribution is -0.0565. The first-order chi connectivity index (χ1) is 7.18. The van der Waals surface area contributed by atoms with Gasteiger partial charge in [0, 0.05) is 32.1 Å². The number of nitrogens with one attached hydrogen (secondary N) is 1. The zero-order chi connectivity index (χ0) is 10.7. The van der Waals surface area contributed by atoms with Gasteiger partial charge >= 0.3 is 0 Å². The largest absolute Gasteiger partial charge is 0.388 e. The molecule has 2 rings (SSSR count). The molecule has 0 amide bonds. The number of hydrogen-bond donors (Lipinski definition) is 3. The van der Waals surface area contributed by atoms with E-state index in [4.69, 9.17) is 10.5 Å². The maximum absolute atomic E-state index is 10.1. The van der Waals surface area contributed by atoms with Crippen LogP contribution in [-0.2, 0) is 4.74 Å². The molecule has 1 heterocycles. The van der Waals surface area contributed by atoms with E-state index in [-0.39, 0.29) is 24.0 Å². The summed E-state index contributed by atoms with van der Waals surface area (Å²) in [7, 11) is 0. The van der Waals surface area contributed by atoms with Gasteiger partial charge in [-0.1, -0.05) is 0 Å². The molecule has 0 bridgehead atoms. The number of guanidine groups is 1. The minimum Gasteiger partial charge on any atom is -0.388 e. The summed E-state index contributed by atoms with van der Waals surface area (Å²) in [6.45, 7) is 1.60. The van der Waals surface area contributed by atoms with Crippen LogP contribution in [0.2, 0.25) is 0 Å².